The topological polar surface area (TPSA) is 285 Å². The molecule has 1 aromatic carbocycles. The number of ketones is 2. The summed E-state index contributed by atoms with van der Waals surface area (Å²) in [6.07, 6.45) is -3.76. The van der Waals surface area contributed by atoms with Gasteiger partial charge < -0.3 is 54.9 Å². The zero-order valence-corrected chi connectivity index (χ0v) is 48.7. The molecule has 0 aliphatic carbocycles. The summed E-state index contributed by atoms with van der Waals surface area (Å²) in [6.45, 7) is 18.1. The molecule has 0 radical (unpaired) electrons. The normalized spacial score (nSPS) is 27.2. The minimum absolute atomic E-state index is 0.0545. The van der Waals surface area contributed by atoms with E-state index in [1.54, 1.807) is 52.0 Å². The molecular weight excluding hydrogens is 1020 g/mol. The summed E-state index contributed by atoms with van der Waals surface area (Å²) in [6, 6.07) is -2.32. The maximum Gasteiger partial charge on any atom is 0.329 e. The number of methoxy groups -OCH3 is 1. The van der Waals surface area contributed by atoms with Crippen LogP contribution >= 0.6 is 0 Å². The van der Waals surface area contributed by atoms with Crippen LogP contribution in [0.25, 0.3) is 0 Å². The van der Waals surface area contributed by atoms with Gasteiger partial charge in [0.2, 0.25) is 41.2 Å². The van der Waals surface area contributed by atoms with Crippen molar-refractivity contribution in [1.82, 2.24) is 35.6 Å². The Morgan fingerprint density at radius 3 is 2.06 bits per heavy atom. The Kier molecular flexibility index (Phi) is 24.0. The van der Waals surface area contributed by atoms with Crippen LogP contribution in [0.2, 0.25) is 0 Å². The lowest BCUT2D eigenvalue weighted by Crippen LogP contribution is -2.62. The number of nitrogens with one attached hydrogen (secondary N) is 3. The number of Topliss-reactive ketones (excluding diaryl/α,β-unsaturated/α-hetero) is 2. The van der Waals surface area contributed by atoms with Gasteiger partial charge >= 0.3 is 11.9 Å². The molecule has 22 heteroatoms. The summed E-state index contributed by atoms with van der Waals surface area (Å²) < 4.78 is 17.2. The van der Waals surface area contributed by atoms with Gasteiger partial charge in [-0.15, -0.1) is 0 Å². The number of aliphatic hydroxyl groups is 1. The van der Waals surface area contributed by atoms with E-state index in [0.717, 1.165) is 6.92 Å². The van der Waals surface area contributed by atoms with E-state index in [9.17, 15) is 57.8 Å². The first-order valence-electron chi connectivity index (χ1n) is 27.9. The minimum atomic E-state index is -1.78. The second kappa shape index (κ2) is 29.1. The molecule has 3 fully saturated rings. The van der Waals surface area contributed by atoms with Gasteiger partial charge in [-0.3, -0.25) is 47.9 Å². The molecule has 7 amide bonds. The van der Waals surface area contributed by atoms with Gasteiger partial charge in [-0.25, -0.2) is 4.79 Å². The van der Waals surface area contributed by atoms with Crippen molar-refractivity contribution in [1.29, 1.82) is 0 Å². The summed E-state index contributed by atoms with van der Waals surface area (Å²) in [7, 11) is 4.26. The highest BCUT2D eigenvalue weighted by atomic mass is 16.6. The van der Waals surface area contributed by atoms with Gasteiger partial charge in [-0.05, 0) is 93.7 Å². The molecule has 440 valence electrons. The number of hydrogen-bond acceptors (Lipinski definition) is 15. The molecule has 3 saturated heterocycles. The van der Waals surface area contributed by atoms with Crippen LogP contribution in [-0.2, 0) is 68.6 Å². The Bertz CT molecular complexity index is 2380. The van der Waals surface area contributed by atoms with E-state index in [-0.39, 0.29) is 57.0 Å². The van der Waals surface area contributed by atoms with Gasteiger partial charge in [0, 0.05) is 40.5 Å². The van der Waals surface area contributed by atoms with Gasteiger partial charge in [-0.2, -0.15) is 0 Å². The number of carbonyl (C=O) groups excluding carboxylic acids is 11. The van der Waals surface area contributed by atoms with Gasteiger partial charge in [0.15, 0.2) is 11.9 Å². The highest BCUT2D eigenvalue weighted by Gasteiger charge is 2.46. The van der Waals surface area contributed by atoms with E-state index in [4.69, 9.17) is 14.2 Å². The van der Waals surface area contributed by atoms with Crippen molar-refractivity contribution in [3.8, 4) is 5.75 Å². The number of amides is 7. The average Bonchev–Trinajstić information content (AvgIpc) is 4.13. The number of aliphatic hydroxyl groups excluding tert-OH is 1. The summed E-state index contributed by atoms with van der Waals surface area (Å²) in [5.41, 5.74) is 0.566. The Hall–Kier alpha value is -6.45. The number of cyclic esters (lactones) is 2. The zero-order valence-electron chi connectivity index (χ0n) is 48.7. The Morgan fingerprint density at radius 2 is 1.49 bits per heavy atom. The van der Waals surface area contributed by atoms with E-state index in [1.165, 1.54) is 54.7 Å². The van der Waals surface area contributed by atoms with E-state index in [2.05, 4.69) is 16.0 Å². The third-order valence-corrected chi connectivity index (χ3v) is 15.4. The average molecular weight is 1110 g/mol. The van der Waals surface area contributed by atoms with Gasteiger partial charge in [0.05, 0.1) is 31.6 Å². The SMILES string of the molecule is CC[C@H](C)[C@H]1NC(=O)[C@H](NC(=O)[C@@H](CC(C)C)N(C)C(=O)[C@@H]2CCCN2C(=O)C(C)=O)[C@H](C)OC(=O)C(Cc2ccc(OC)cc2)N(C)C(=O)[C@@H]2CCCN2C(=O)[C@H](CC(C)C)NC(=O)[C@H](C)C(=O)[C@H](C(C)C)OC(=O)C[C@@H]1O. The van der Waals surface area contributed by atoms with E-state index in [0.29, 0.717) is 30.6 Å². The number of carbonyl (C=O) groups is 11. The van der Waals surface area contributed by atoms with Crippen molar-refractivity contribution < 1.29 is 72.1 Å². The molecule has 3 aliphatic heterocycles. The summed E-state index contributed by atoms with van der Waals surface area (Å²) in [5.74, 6) is -11.3. The molecule has 22 nitrogen and oxygen atoms in total. The van der Waals surface area contributed by atoms with Crippen molar-refractivity contribution >= 4 is 64.9 Å². The number of fused-ring (bicyclic) bond motifs is 1. The first-order chi connectivity index (χ1) is 37.0. The molecule has 1 unspecified atom stereocenters. The highest BCUT2D eigenvalue weighted by molar-refractivity contribution is 6.35. The minimum Gasteiger partial charge on any atom is -0.497 e. The molecule has 4 rings (SSSR count). The van der Waals surface area contributed by atoms with Crippen molar-refractivity contribution in [2.45, 2.75) is 195 Å². The van der Waals surface area contributed by atoms with Crippen molar-refractivity contribution in [3.63, 3.8) is 0 Å². The zero-order chi connectivity index (χ0) is 59.3. The highest BCUT2D eigenvalue weighted by Crippen LogP contribution is 2.27. The molecule has 0 bridgehead atoms. The van der Waals surface area contributed by atoms with E-state index >= 15 is 0 Å². The van der Waals surface area contributed by atoms with Crippen LogP contribution in [0.1, 0.15) is 133 Å². The molecule has 0 saturated carbocycles. The fourth-order valence-electron chi connectivity index (χ4n) is 10.5. The third kappa shape index (κ3) is 16.8. The second-order valence-electron chi connectivity index (χ2n) is 22.8. The second-order valence-corrected chi connectivity index (χ2v) is 22.8. The number of likely N-dealkylation sites (tertiary alicyclic amines) is 1. The molecule has 12 atom stereocenters. The van der Waals surface area contributed by atoms with Crippen LogP contribution in [0.5, 0.6) is 5.75 Å². The largest absolute Gasteiger partial charge is 0.497 e. The van der Waals surface area contributed by atoms with Crippen LogP contribution < -0.4 is 20.7 Å². The molecule has 3 aliphatic rings. The number of esters is 2. The molecule has 79 heavy (non-hydrogen) atoms. The lowest BCUT2D eigenvalue weighted by atomic mass is 9.91. The maximum absolute atomic E-state index is 15.0. The lowest BCUT2D eigenvalue weighted by Gasteiger charge is -2.36. The fourth-order valence-corrected chi connectivity index (χ4v) is 10.5. The number of benzene rings is 1. The Morgan fingerprint density at radius 1 is 0.861 bits per heavy atom. The number of ether oxygens (including phenoxy) is 3. The number of nitrogens with zero attached hydrogens (tertiary/aromatic N) is 4. The molecule has 1 aromatic rings. The van der Waals surface area contributed by atoms with Gasteiger partial charge in [0.25, 0.3) is 5.91 Å². The Balaban J connectivity index is 1.89. The monoisotopic (exact) mass is 1110 g/mol. The fraction of sp³-hybridized carbons (Fsp3) is 0.702. The van der Waals surface area contributed by atoms with Crippen LogP contribution in [-0.4, -0.2) is 184 Å². The van der Waals surface area contributed by atoms with E-state index in [1.807, 2.05) is 27.7 Å². The van der Waals surface area contributed by atoms with Crippen LogP contribution in [0.3, 0.4) is 0 Å². The predicted octanol–water partition coefficient (Wildman–Crippen LogP) is 2.52. The molecule has 4 N–H and O–H groups in total. The van der Waals surface area contributed by atoms with Crippen molar-refractivity contribution in [2.24, 2.45) is 29.6 Å². The standard InChI is InChI=1S/C57H87N7O15/c1-15-33(8)46-44(66)29-45(67)79-49(32(6)7)48(68)34(9)50(69)58-39(26-30(2)3)54(73)64-25-17-19-41(64)56(75)62(13)43(28-37-20-22-38(77-14)23-21-37)57(76)78-36(11)47(52(71)59-46)60-51(70)42(27-31(4)5)61(12)55(74)40-18-16-24-63(40)53(72)35(10)65/h20-23,30-34,36,39-44,46-47,49,66H,15-19,24-29H2,1-14H3,(H,58,69)(H,59,71)(H,60,70)/t33-,34+,36-,39-,40-,41-,42+,43?,44-,46+,47+,49-/m0/s1. The van der Waals surface area contributed by atoms with Gasteiger partial charge in [0.1, 0.15) is 48.1 Å². The van der Waals surface area contributed by atoms with Crippen LogP contribution in [0.15, 0.2) is 24.3 Å². The summed E-state index contributed by atoms with van der Waals surface area (Å²) in [5, 5.41) is 20.1. The van der Waals surface area contributed by atoms with E-state index < -0.39 is 150 Å². The Labute approximate surface area is 465 Å². The molecule has 0 aromatic heterocycles. The quantitative estimate of drug-likeness (QED) is 0.112. The predicted molar refractivity (Wildman–Crippen MR) is 289 cm³/mol. The van der Waals surface area contributed by atoms with Crippen LogP contribution in [0.4, 0.5) is 0 Å². The first kappa shape index (κ1) is 65.1. The first-order valence-corrected chi connectivity index (χ1v) is 27.9. The molecule has 3 heterocycles. The number of likely N-dealkylation sites (N-methyl/N-ethyl adjacent to an activating group) is 2. The number of rotatable bonds is 15. The third-order valence-electron chi connectivity index (χ3n) is 15.4. The van der Waals surface area contributed by atoms with Crippen molar-refractivity contribution in [2.75, 3.05) is 34.3 Å². The summed E-state index contributed by atoms with van der Waals surface area (Å²) >= 11 is 0. The summed E-state index contributed by atoms with van der Waals surface area (Å²) in [4.78, 5) is 160. The smallest absolute Gasteiger partial charge is 0.329 e. The van der Waals surface area contributed by atoms with Crippen molar-refractivity contribution in [3.05, 3.63) is 29.8 Å². The van der Waals surface area contributed by atoms with Gasteiger partial charge in [-0.1, -0.05) is 73.9 Å². The van der Waals surface area contributed by atoms with Crippen LogP contribution in [0, 0.1) is 29.6 Å². The lowest BCUT2D eigenvalue weighted by molar-refractivity contribution is -0.163. The maximum atomic E-state index is 15.0. The molecule has 0 spiro atoms. The molecular formula is C57H87N7O15. The number of hydrogen-bond donors (Lipinski definition) is 4.